The van der Waals surface area contributed by atoms with Crippen LogP contribution in [0.5, 0.6) is 0 Å². The van der Waals surface area contributed by atoms with Gasteiger partial charge in [0.1, 0.15) is 0 Å². The van der Waals surface area contributed by atoms with Crippen molar-refractivity contribution in [2.24, 2.45) is 0 Å². The van der Waals surface area contributed by atoms with Gasteiger partial charge in [-0.15, -0.1) is 0 Å². The summed E-state index contributed by atoms with van der Waals surface area (Å²) in [5.41, 5.74) is 6.24. The van der Waals surface area contributed by atoms with Gasteiger partial charge in [-0.3, -0.25) is 9.69 Å². The number of aromatic nitrogens is 2. The number of carbonyl (C=O) groups is 1. The van der Waals surface area contributed by atoms with E-state index in [1.54, 1.807) is 6.20 Å². The molecule has 0 saturated carbocycles. The van der Waals surface area contributed by atoms with E-state index in [1.165, 1.54) is 5.56 Å². The molecule has 202 valence electrons. The maximum atomic E-state index is 13.0. The van der Waals surface area contributed by atoms with E-state index in [-0.39, 0.29) is 5.91 Å². The van der Waals surface area contributed by atoms with E-state index in [0.29, 0.717) is 11.5 Å². The first-order valence-electron chi connectivity index (χ1n) is 13.6. The minimum absolute atomic E-state index is 0.158. The van der Waals surface area contributed by atoms with Gasteiger partial charge in [-0.1, -0.05) is 62.4 Å². The Morgan fingerprint density at radius 3 is 2.33 bits per heavy atom. The molecule has 1 aliphatic heterocycles. The fraction of sp³-hybridized carbons (Fsp3) is 0.281. The first-order chi connectivity index (χ1) is 19.0. The SMILES string of the molecule is CC.Cc1ccc(C(=O)Nc2ccc(CN3CCN(C)CC3)cc2)cc1Nc1nccc(-c2ccccc2)n1. The average Bonchev–Trinajstić information content (AvgIpc) is 2.98. The van der Waals surface area contributed by atoms with Crippen LogP contribution in [0.25, 0.3) is 11.3 Å². The zero-order chi connectivity index (χ0) is 27.6. The molecule has 4 aromatic rings. The highest BCUT2D eigenvalue weighted by Gasteiger charge is 2.14. The average molecular weight is 523 g/mol. The van der Waals surface area contributed by atoms with E-state index in [9.17, 15) is 4.79 Å². The predicted molar refractivity (Wildman–Crippen MR) is 160 cm³/mol. The van der Waals surface area contributed by atoms with E-state index in [2.05, 4.69) is 49.6 Å². The maximum Gasteiger partial charge on any atom is 0.255 e. The molecule has 1 fully saturated rings. The van der Waals surface area contributed by atoms with Gasteiger partial charge in [0.25, 0.3) is 5.91 Å². The maximum absolute atomic E-state index is 13.0. The van der Waals surface area contributed by atoms with Crippen LogP contribution in [0.2, 0.25) is 0 Å². The Kier molecular flexibility index (Phi) is 9.78. The molecule has 1 aliphatic rings. The number of amides is 1. The highest BCUT2D eigenvalue weighted by atomic mass is 16.1. The number of benzene rings is 3. The molecule has 1 saturated heterocycles. The van der Waals surface area contributed by atoms with Gasteiger partial charge in [0.05, 0.1) is 5.69 Å². The fourth-order valence-electron chi connectivity index (χ4n) is 4.37. The largest absolute Gasteiger partial charge is 0.324 e. The van der Waals surface area contributed by atoms with Crippen molar-refractivity contribution >= 4 is 23.2 Å². The number of piperazine rings is 1. The second-order valence-electron chi connectivity index (χ2n) is 9.52. The third kappa shape index (κ3) is 7.72. The summed E-state index contributed by atoms with van der Waals surface area (Å²) in [7, 11) is 2.17. The second kappa shape index (κ2) is 13.6. The van der Waals surface area contributed by atoms with Gasteiger partial charge in [-0.05, 0) is 55.4 Å². The molecule has 5 rings (SSSR count). The topological polar surface area (TPSA) is 73.4 Å². The molecule has 1 aromatic heterocycles. The predicted octanol–water partition coefficient (Wildman–Crippen LogP) is 6.22. The summed E-state index contributed by atoms with van der Waals surface area (Å²) in [6, 6.07) is 25.6. The van der Waals surface area contributed by atoms with Crippen molar-refractivity contribution in [3.63, 3.8) is 0 Å². The molecule has 0 bridgehead atoms. The van der Waals surface area contributed by atoms with Crippen LogP contribution in [0, 0.1) is 6.92 Å². The third-order valence-corrected chi connectivity index (χ3v) is 6.69. The first kappa shape index (κ1) is 28.0. The van der Waals surface area contributed by atoms with Crippen molar-refractivity contribution < 1.29 is 4.79 Å². The lowest BCUT2D eigenvalue weighted by molar-refractivity contribution is 0.102. The highest BCUT2D eigenvalue weighted by molar-refractivity contribution is 6.05. The Bertz CT molecular complexity index is 1350. The van der Waals surface area contributed by atoms with Crippen LogP contribution >= 0.6 is 0 Å². The van der Waals surface area contributed by atoms with Crippen molar-refractivity contribution in [1.82, 2.24) is 19.8 Å². The number of hydrogen-bond acceptors (Lipinski definition) is 6. The quantitative estimate of drug-likeness (QED) is 0.300. The standard InChI is InChI=1S/C30H32N6O.C2H6/c1-22-8-11-25(20-28(22)34-30-31-15-14-27(33-30)24-6-4-3-5-7-24)29(37)32-26-12-9-23(10-13-26)21-36-18-16-35(2)17-19-36;1-2/h3-15,20H,16-19,21H2,1-2H3,(H,32,37)(H,31,33,34);1-2H3. The van der Waals surface area contributed by atoms with Gasteiger partial charge in [0, 0.05) is 61.4 Å². The lowest BCUT2D eigenvalue weighted by Gasteiger charge is -2.32. The van der Waals surface area contributed by atoms with Crippen LogP contribution in [0.3, 0.4) is 0 Å². The number of anilines is 3. The van der Waals surface area contributed by atoms with E-state index < -0.39 is 0 Å². The Balaban J connectivity index is 0.00000172. The van der Waals surface area contributed by atoms with Gasteiger partial charge >= 0.3 is 0 Å². The lowest BCUT2D eigenvalue weighted by Crippen LogP contribution is -2.43. The molecule has 3 aromatic carbocycles. The first-order valence-corrected chi connectivity index (χ1v) is 13.6. The highest BCUT2D eigenvalue weighted by Crippen LogP contribution is 2.23. The minimum atomic E-state index is -0.158. The van der Waals surface area contributed by atoms with Crippen molar-refractivity contribution in [1.29, 1.82) is 0 Å². The summed E-state index contributed by atoms with van der Waals surface area (Å²) in [6.45, 7) is 11.3. The van der Waals surface area contributed by atoms with E-state index in [0.717, 1.165) is 60.9 Å². The number of rotatable bonds is 7. The Labute approximate surface area is 231 Å². The normalized spacial score (nSPS) is 13.7. The summed E-state index contributed by atoms with van der Waals surface area (Å²) >= 11 is 0. The van der Waals surface area contributed by atoms with Crippen LogP contribution in [-0.4, -0.2) is 58.9 Å². The van der Waals surface area contributed by atoms with Gasteiger partial charge in [-0.2, -0.15) is 0 Å². The monoisotopic (exact) mass is 522 g/mol. The van der Waals surface area contributed by atoms with E-state index in [4.69, 9.17) is 0 Å². The Morgan fingerprint density at radius 1 is 0.897 bits per heavy atom. The van der Waals surface area contributed by atoms with Crippen LogP contribution in [0.4, 0.5) is 17.3 Å². The molecular weight excluding hydrogens is 484 g/mol. The van der Waals surface area contributed by atoms with Crippen molar-refractivity contribution in [3.8, 4) is 11.3 Å². The molecule has 0 radical (unpaired) electrons. The molecule has 1 amide bonds. The molecule has 2 heterocycles. The summed E-state index contributed by atoms with van der Waals surface area (Å²) in [5.74, 6) is 0.326. The van der Waals surface area contributed by atoms with E-state index in [1.807, 2.05) is 87.5 Å². The summed E-state index contributed by atoms with van der Waals surface area (Å²) in [4.78, 5) is 26.9. The smallest absolute Gasteiger partial charge is 0.255 e. The molecular formula is C32H38N6O. The van der Waals surface area contributed by atoms with Crippen LogP contribution in [0.15, 0.2) is 85.1 Å². The zero-order valence-electron chi connectivity index (χ0n) is 23.3. The number of nitrogens with zero attached hydrogens (tertiary/aromatic N) is 4. The molecule has 0 atom stereocenters. The van der Waals surface area contributed by atoms with Gasteiger partial charge < -0.3 is 15.5 Å². The summed E-state index contributed by atoms with van der Waals surface area (Å²) < 4.78 is 0. The molecule has 39 heavy (non-hydrogen) atoms. The number of hydrogen-bond donors (Lipinski definition) is 2. The zero-order valence-corrected chi connectivity index (χ0v) is 23.3. The number of carbonyl (C=O) groups excluding carboxylic acids is 1. The molecule has 0 unspecified atom stereocenters. The van der Waals surface area contributed by atoms with Gasteiger partial charge in [0.15, 0.2) is 0 Å². The molecule has 7 heteroatoms. The molecule has 7 nitrogen and oxygen atoms in total. The van der Waals surface area contributed by atoms with Crippen molar-refractivity contribution in [2.75, 3.05) is 43.9 Å². The lowest BCUT2D eigenvalue weighted by atomic mass is 10.1. The number of nitrogens with one attached hydrogen (secondary N) is 2. The minimum Gasteiger partial charge on any atom is -0.324 e. The van der Waals surface area contributed by atoms with Crippen LogP contribution in [0.1, 0.15) is 35.3 Å². The molecule has 0 aliphatic carbocycles. The van der Waals surface area contributed by atoms with Crippen LogP contribution in [-0.2, 0) is 6.54 Å². The van der Waals surface area contributed by atoms with Crippen LogP contribution < -0.4 is 10.6 Å². The Hall–Kier alpha value is -4.07. The van der Waals surface area contributed by atoms with Gasteiger partial charge in [0.2, 0.25) is 5.95 Å². The van der Waals surface area contributed by atoms with Crippen molar-refractivity contribution in [2.45, 2.75) is 27.3 Å². The fourth-order valence-corrected chi connectivity index (χ4v) is 4.37. The summed E-state index contributed by atoms with van der Waals surface area (Å²) in [6.07, 6.45) is 1.73. The van der Waals surface area contributed by atoms with Gasteiger partial charge in [-0.25, -0.2) is 9.97 Å². The Morgan fingerprint density at radius 2 is 1.62 bits per heavy atom. The number of aryl methyl sites for hydroxylation is 1. The summed E-state index contributed by atoms with van der Waals surface area (Å²) in [5, 5.41) is 6.30. The third-order valence-electron chi connectivity index (χ3n) is 6.69. The second-order valence-corrected chi connectivity index (χ2v) is 9.52. The number of likely N-dealkylation sites (N-methyl/N-ethyl adjacent to an activating group) is 1. The molecule has 0 spiro atoms. The molecule has 2 N–H and O–H groups in total. The van der Waals surface area contributed by atoms with Crippen molar-refractivity contribution in [3.05, 3.63) is 102 Å². The van der Waals surface area contributed by atoms with E-state index >= 15 is 0 Å².